The van der Waals surface area contributed by atoms with Crippen LogP contribution in [0.4, 0.5) is 5.13 Å². The molecule has 2 aromatic heterocycles. The summed E-state index contributed by atoms with van der Waals surface area (Å²) in [5.74, 6) is -0.572. The van der Waals surface area contributed by atoms with Gasteiger partial charge in [0, 0.05) is 38.0 Å². The predicted molar refractivity (Wildman–Crippen MR) is 131 cm³/mol. The van der Waals surface area contributed by atoms with Crippen LogP contribution in [0.25, 0.3) is 0 Å². The zero-order chi connectivity index (χ0) is 24.4. The van der Waals surface area contributed by atoms with Gasteiger partial charge >= 0.3 is 0 Å². The summed E-state index contributed by atoms with van der Waals surface area (Å²) in [6, 6.07) is 11.8. The average molecular weight is 494 g/mol. The van der Waals surface area contributed by atoms with E-state index in [1.54, 1.807) is 13.0 Å². The monoisotopic (exact) mass is 493 g/mol. The number of aryl methyl sites for hydroxylation is 1. The Balaban J connectivity index is 1.26. The van der Waals surface area contributed by atoms with Gasteiger partial charge in [0.2, 0.25) is 5.91 Å². The Morgan fingerprint density at radius 1 is 1.14 bits per heavy atom. The van der Waals surface area contributed by atoms with Gasteiger partial charge in [-0.3, -0.25) is 19.7 Å². The normalized spacial score (nSPS) is 19.1. The number of ether oxygens (including phenoxy) is 1. The molecule has 1 aliphatic heterocycles. The van der Waals surface area contributed by atoms with E-state index in [0.717, 1.165) is 24.2 Å². The van der Waals surface area contributed by atoms with Crippen LogP contribution in [0.15, 0.2) is 47.1 Å². The number of nitrogens with one attached hydrogen (secondary N) is 2. The zero-order valence-electron chi connectivity index (χ0n) is 19.5. The van der Waals surface area contributed by atoms with Crippen LogP contribution in [0, 0.1) is 12.8 Å². The summed E-state index contributed by atoms with van der Waals surface area (Å²) in [5, 5.41) is 6.21. The third-order valence-electron chi connectivity index (χ3n) is 6.95. The van der Waals surface area contributed by atoms with Crippen molar-refractivity contribution in [2.24, 2.45) is 5.92 Å². The van der Waals surface area contributed by atoms with E-state index in [1.807, 2.05) is 18.2 Å². The van der Waals surface area contributed by atoms with Gasteiger partial charge in [-0.15, -0.1) is 0 Å². The van der Waals surface area contributed by atoms with Crippen molar-refractivity contribution in [3.63, 3.8) is 0 Å². The van der Waals surface area contributed by atoms with Crippen molar-refractivity contribution in [2.45, 2.75) is 38.0 Å². The molecular weight excluding hydrogens is 466 g/mol. The molecule has 3 aromatic rings. The number of hydrogen-bond donors (Lipinski definition) is 2. The number of nitrogens with zero attached hydrogens (tertiary/aromatic N) is 1. The second kappa shape index (κ2) is 9.75. The zero-order valence-corrected chi connectivity index (χ0v) is 20.3. The number of aromatic nitrogens is 1. The Morgan fingerprint density at radius 3 is 2.63 bits per heavy atom. The minimum atomic E-state index is -0.482. The van der Waals surface area contributed by atoms with E-state index in [9.17, 15) is 14.4 Å². The number of Topliss-reactive ketones (excluding diaryl/α,β-unsaturated/α-hetero) is 1. The number of furan rings is 1. The first-order valence-electron chi connectivity index (χ1n) is 11.7. The molecule has 8 nitrogen and oxygen atoms in total. The predicted octanol–water partition coefficient (Wildman–Crippen LogP) is 3.91. The fraction of sp³-hybridized carbons (Fsp3) is 0.385. The standard InChI is InChI=1S/C26H27N3O5S/c1-16-19(7-10-34-16)24(32)29-25-28-20-13-17(14-21(30)22(20)35-25)23(31)27-15-26(8-11-33-12-9-26)18-5-3-2-4-6-18/h2-7,10,17H,8-9,11-15H2,1H3,(H,27,31)(H,28,29,32)/t17-/m0/s1. The molecule has 2 N–H and O–H groups in total. The highest BCUT2D eigenvalue weighted by molar-refractivity contribution is 7.17. The van der Waals surface area contributed by atoms with Crippen molar-refractivity contribution in [3.8, 4) is 0 Å². The van der Waals surface area contributed by atoms with Gasteiger partial charge in [-0.2, -0.15) is 0 Å². The summed E-state index contributed by atoms with van der Waals surface area (Å²) < 4.78 is 10.8. The Morgan fingerprint density at radius 2 is 1.91 bits per heavy atom. The molecule has 0 spiro atoms. The highest BCUT2D eigenvalue weighted by Crippen LogP contribution is 2.35. The smallest absolute Gasteiger partial charge is 0.260 e. The highest BCUT2D eigenvalue weighted by Gasteiger charge is 2.37. The van der Waals surface area contributed by atoms with Gasteiger partial charge in [-0.05, 0) is 31.4 Å². The van der Waals surface area contributed by atoms with Crippen molar-refractivity contribution < 1.29 is 23.5 Å². The van der Waals surface area contributed by atoms with Crippen molar-refractivity contribution in [1.29, 1.82) is 0 Å². The van der Waals surface area contributed by atoms with E-state index in [-0.39, 0.29) is 29.4 Å². The van der Waals surface area contributed by atoms with Crippen LogP contribution in [-0.2, 0) is 21.4 Å². The van der Waals surface area contributed by atoms with Gasteiger partial charge in [0.15, 0.2) is 10.9 Å². The van der Waals surface area contributed by atoms with E-state index in [4.69, 9.17) is 9.15 Å². The quantitative estimate of drug-likeness (QED) is 0.539. The number of anilines is 1. The average Bonchev–Trinajstić information content (AvgIpc) is 3.49. The molecule has 1 atom stereocenters. The summed E-state index contributed by atoms with van der Waals surface area (Å²) in [4.78, 5) is 43.4. The number of ketones is 1. The van der Waals surface area contributed by atoms with Crippen molar-refractivity contribution >= 4 is 34.1 Å². The molecule has 0 bridgehead atoms. The second-order valence-corrected chi connectivity index (χ2v) is 10.1. The first-order valence-corrected chi connectivity index (χ1v) is 12.6. The van der Waals surface area contributed by atoms with Crippen LogP contribution in [0.2, 0.25) is 0 Å². The maximum atomic E-state index is 13.1. The molecule has 0 saturated carbocycles. The lowest BCUT2D eigenvalue weighted by Gasteiger charge is -2.38. The maximum Gasteiger partial charge on any atom is 0.260 e. The van der Waals surface area contributed by atoms with Gasteiger partial charge in [-0.25, -0.2) is 4.98 Å². The third kappa shape index (κ3) is 4.78. The maximum absolute atomic E-state index is 13.1. The summed E-state index contributed by atoms with van der Waals surface area (Å²) in [6.45, 7) is 3.51. The number of fused-ring (bicyclic) bond motifs is 1. The Labute approximate surface area is 207 Å². The lowest BCUT2D eigenvalue weighted by molar-refractivity contribution is -0.125. The van der Waals surface area contributed by atoms with Crippen molar-refractivity contribution in [3.05, 3.63) is 70.1 Å². The van der Waals surface area contributed by atoms with E-state index < -0.39 is 5.92 Å². The highest BCUT2D eigenvalue weighted by atomic mass is 32.1. The minimum Gasteiger partial charge on any atom is -0.469 e. The molecular formula is C26H27N3O5S. The molecule has 3 heterocycles. The Kier molecular flexibility index (Phi) is 6.53. The first kappa shape index (κ1) is 23.4. The molecule has 2 aliphatic rings. The van der Waals surface area contributed by atoms with Gasteiger partial charge < -0.3 is 14.5 Å². The summed E-state index contributed by atoms with van der Waals surface area (Å²) in [7, 11) is 0. The Hall–Kier alpha value is -3.30. The van der Waals surface area contributed by atoms with E-state index in [2.05, 4.69) is 27.8 Å². The molecule has 5 rings (SSSR count). The SMILES string of the molecule is Cc1occc1C(=O)Nc1nc2c(s1)C(=O)C[C@@H](C(=O)NCC1(c3ccccc3)CCOCC1)C2. The largest absolute Gasteiger partial charge is 0.469 e. The fourth-order valence-corrected chi connectivity index (χ4v) is 5.81. The molecule has 1 aromatic carbocycles. The van der Waals surface area contributed by atoms with Gasteiger partial charge in [0.1, 0.15) is 5.76 Å². The molecule has 1 aliphatic carbocycles. The topological polar surface area (TPSA) is 111 Å². The molecule has 35 heavy (non-hydrogen) atoms. The molecule has 182 valence electrons. The summed E-state index contributed by atoms with van der Waals surface area (Å²) in [6.07, 6.45) is 3.61. The van der Waals surface area contributed by atoms with E-state index >= 15 is 0 Å². The lowest BCUT2D eigenvalue weighted by Crippen LogP contribution is -2.46. The Bertz CT molecular complexity index is 1240. The summed E-state index contributed by atoms with van der Waals surface area (Å²) >= 11 is 1.15. The molecule has 1 saturated heterocycles. The van der Waals surface area contributed by atoms with E-state index in [1.165, 1.54) is 11.8 Å². The molecule has 0 unspecified atom stereocenters. The lowest BCUT2D eigenvalue weighted by atomic mass is 9.74. The molecule has 9 heteroatoms. The summed E-state index contributed by atoms with van der Waals surface area (Å²) in [5.41, 5.74) is 2.00. The van der Waals surface area contributed by atoms with Crippen LogP contribution in [0.3, 0.4) is 0 Å². The van der Waals surface area contributed by atoms with Gasteiger partial charge in [0.05, 0.1) is 28.3 Å². The number of carbonyl (C=O) groups is 3. The number of hydrogen-bond acceptors (Lipinski definition) is 7. The first-order chi connectivity index (χ1) is 16.9. The van der Waals surface area contributed by atoms with Crippen molar-refractivity contribution in [1.82, 2.24) is 10.3 Å². The van der Waals surface area contributed by atoms with Crippen LogP contribution < -0.4 is 10.6 Å². The van der Waals surface area contributed by atoms with Gasteiger partial charge in [-0.1, -0.05) is 41.7 Å². The number of thiazole rings is 1. The van der Waals surface area contributed by atoms with Crippen LogP contribution in [0.5, 0.6) is 0 Å². The molecule has 1 fully saturated rings. The fourth-order valence-electron chi connectivity index (χ4n) is 4.88. The number of carbonyl (C=O) groups excluding carboxylic acids is 3. The number of amides is 2. The van der Waals surface area contributed by atoms with Crippen molar-refractivity contribution in [2.75, 3.05) is 25.1 Å². The van der Waals surface area contributed by atoms with Crippen LogP contribution in [-0.4, -0.2) is 42.3 Å². The third-order valence-corrected chi connectivity index (χ3v) is 8.01. The second-order valence-electron chi connectivity index (χ2n) is 9.14. The van der Waals surface area contributed by atoms with Crippen LogP contribution in [0.1, 0.15) is 56.3 Å². The number of rotatable bonds is 6. The minimum absolute atomic E-state index is 0.118. The van der Waals surface area contributed by atoms with E-state index in [0.29, 0.717) is 53.2 Å². The molecule has 0 radical (unpaired) electrons. The number of benzene rings is 1. The van der Waals surface area contributed by atoms with Gasteiger partial charge in [0.25, 0.3) is 5.91 Å². The molecule has 2 amide bonds. The van der Waals surface area contributed by atoms with Crippen LogP contribution >= 0.6 is 11.3 Å².